The van der Waals surface area contributed by atoms with Crippen molar-refractivity contribution >= 4 is 41.3 Å². The molecular weight excluding hydrogens is 456 g/mol. The van der Waals surface area contributed by atoms with Crippen molar-refractivity contribution in [2.24, 2.45) is 11.8 Å². The minimum Gasteiger partial charge on any atom is -0.477 e. The number of rotatable bonds is 9. The number of nitrogens with one attached hydrogen (secondary N) is 2. The highest BCUT2D eigenvalue weighted by atomic mass is 32.2. The SMILES string of the molecule is CSC(C(=O)NC(O)CC#N)[C@@H]1C[C@H](SC2=C(C(=O)O)N3C(=O)[C@H]([C@@H](C)O)[C@H]3[C@H]2C)CN1. The highest BCUT2D eigenvalue weighted by Gasteiger charge is 2.60. The lowest BCUT2D eigenvalue weighted by Crippen LogP contribution is -2.63. The maximum atomic E-state index is 12.5. The molecule has 3 aliphatic heterocycles. The van der Waals surface area contributed by atoms with Gasteiger partial charge in [-0.3, -0.25) is 9.59 Å². The summed E-state index contributed by atoms with van der Waals surface area (Å²) < 4.78 is 0. The molecule has 0 spiro atoms. The molecule has 12 heteroatoms. The van der Waals surface area contributed by atoms with Crippen molar-refractivity contribution in [2.45, 2.75) is 61.6 Å². The molecule has 2 fully saturated rings. The fourth-order valence-corrected chi connectivity index (χ4v) is 7.06. The maximum absolute atomic E-state index is 12.5. The van der Waals surface area contributed by atoms with Crippen LogP contribution in [0.4, 0.5) is 0 Å². The largest absolute Gasteiger partial charge is 0.477 e. The number of carboxylic acids is 1. The van der Waals surface area contributed by atoms with Gasteiger partial charge < -0.3 is 30.9 Å². The fourth-order valence-electron chi connectivity index (χ4n) is 4.75. The van der Waals surface area contributed by atoms with Crippen molar-refractivity contribution in [2.75, 3.05) is 12.8 Å². The summed E-state index contributed by atoms with van der Waals surface area (Å²) in [6.07, 6.45) is 0.122. The normalized spacial score (nSPS) is 32.1. The van der Waals surface area contributed by atoms with Crippen LogP contribution in [-0.2, 0) is 14.4 Å². The molecule has 2 unspecified atom stereocenters. The van der Waals surface area contributed by atoms with E-state index in [4.69, 9.17) is 5.26 Å². The lowest BCUT2D eigenvalue weighted by Gasteiger charge is -2.46. The summed E-state index contributed by atoms with van der Waals surface area (Å²) >= 11 is 2.75. The van der Waals surface area contributed by atoms with Crippen LogP contribution in [0.5, 0.6) is 0 Å². The van der Waals surface area contributed by atoms with Gasteiger partial charge in [0.1, 0.15) is 11.9 Å². The molecule has 32 heavy (non-hydrogen) atoms. The molecule has 176 valence electrons. The molecule has 0 aromatic heterocycles. The molecule has 3 rings (SSSR count). The summed E-state index contributed by atoms with van der Waals surface area (Å²) in [5.74, 6) is -2.69. The summed E-state index contributed by atoms with van der Waals surface area (Å²) in [5.41, 5.74) is -0.00312. The van der Waals surface area contributed by atoms with Crippen molar-refractivity contribution in [1.29, 1.82) is 5.26 Å². The van der Waals surface area contributed by atoms with Crippen LogP contribution in [0.1, 0.15) is 26.7 Å². The number of thioether (sulfide) groups is 2. The Balaban J connectivity index is 1.69. The smallest absolute Gasteiger partial charge is 0.353 e. The van der Waals surface area contributed by atoms with Gasteiger partial charge in [0.15, 0.2) is 0 Å². The van der Waals surface area contributed by atoms with Gasteiger partial charge in [0, 0.05) is 28.7 Å². The van der Waals surface area contributed by atoms with E-state index in [-0.39, 0.29) is 47.2 Å². The van der Waals surface area contributed by atoms with Crippen LogP contribution in [0.2, 0.25) is 0 Å². The van der Waals surface area contributed by atoms with Crippen LogP contribution in [-0.4, -0.2) is 85.7 Å². The molecular formula is C20H28N4O6S2. The van der Waals surface area contributed by atoms with Gasteiger partial charge in [-0.25, -0.2) is 4.79 Å². The first-order chi connectivity index (χ1) is 15.1. The van der Waals surface area contributed by atoms with Crippen molar-refractivity contribution in [3.8, 4) is 6.07 Å². The van der Waals surface area contributed by atoms with E-state index in [2.05, 4.69) is 10.6 Å². The zero-order valence-electron chi connectivity index (χ0n) is 18.0. The molecule has 0 aromatic rings. The minimum atomic E-state index is -1.22. The first-order valence-corrected chi connectivity index (χ1v) is 12.6. The first-order valence-electron chi connectivity index (χ1n) is 10.4. The van der Waals surface area contributed by atoms with Crippen LogP contribution < -0.4 is 10.6 Å². The second-order valence-corrected chi connectivity index (χ2v) is 10.6. The summed E-state index contributed by atoms with van der Waals surface area (Å²) in [7, 11) is 0. The second kappa shape index (κ2) is 10.0. The number of aliphatic carboxylic acids is 1. The van der Waals surface area contributed by atoms with Gasteiger partial charge in [-0.15, -0.1) is 11.8 Å². The van der Waals surface area contributed by atoms with E-state index in [9.17, 15) is 29.7 Å². The average molecular weight is 485 g/mol. The van der Waals surface area contributed by atoms with E-state index in [1.165, 1.54) is 28.4 Å². The highest BCUT2D eigenvalue weighted by Crippen LogP contribution is 2.51. The average Bonchev–Trinajstić information content (AvgIpc) is 3.24. The van der Waals surface area contributed by atoms with Crippen LogP contribution in [0, 0.1) is 23.2 Å². The number of carboxylic acid groups (broad SMARTS) is 1. The number of hydrogen-bond acceptors (Lipinski definition) is 9. The van der Waals surface area contributed by atoms with Gasteiger partial charge in [-0.2, -0.15) is 17.0 Å². The number of fused-ring (bicyclic) bond motifs is 1. The Bertz CT molecular complexity index is 860. The number of nitrogens with zero attached hydrogens (tertiary/aromatic N) is 2. The summed E-state index contributed by atoms with van der Waals surface area (Å²) in [5, 5.41) is 43.3. The number of amides is 2. The summed E-state index contributed by atoms with van der Waals surface area (Å²) in [6, 6.07) is 1.26. The Hall–Kier alpha value is -1.78. The van der Waals surface area contributed by atoms with Crippen molar-refractivity contribution in [1.82, 2.24) is 15.5 Å². The lowest BCUT2D eigenvalue weighted by atomic mass is 9.79. The lowest BCUT2D eigenvalue weighted by molar-refractivity contribution is -0.163. The van der Waals surface area contributed by atoms with Gasteiger partial charge in [0.25, 0.3) is 0 Å². The molecule has 3 aliphatic rings. The third-order valence-electron chi connectivity index (χ3n) is 6.20. The highest BCUT2D eigenvalue weighted by molar-refractivity contribution is 8.03. The predicted octanol–water partition coefficient (Wildman–Crippen LogP) is -0.316. The quantitative estimate of drug-likeness (QED) is 0.217. The molecule has 8 atom stereocenters. The Labute approximate surface area is 194 Å². The molecule has 0 aromatic carbocycles. The number of hydrogen-bond donors (Lipinski definition) is 5. The molecule has 2 amide bonds. The molecule has 0 radical (unpaired) electrons. The van der Waals surface area contributed by atoms with Crippen LogP contribution in [0.15, 0.2) is 10.6 Å². The van der Waals surface area contributed by atoms with E-state index >= 15 is 0 Å². The van der Waals surface area contributed by atoms with E-state index in [0.29, 0.717) is 17.9 Å². The van der Waals surface area contributed by atoms with Crippen LogP contribution in [0.3, 0.4) is 0 Å². The summed E-state index contributed by atoms with van der Waals surface area (Å²) in [4.78, 5) is 38.9. The third-order valence-corrected chi connectivity index (χ3v) is 8.76. The van der Waals surface area contributed by atoms with E-state index in [1.54, 1.807) is 19.2 Å². The molecule has 0 saturated carbocycles. The maximum Gasteiger partial charge on any atom is 0.353 e. The minimum absolute atomic E-state index is 0.00270. The van der Waals surface area contributed by atoms with Gasteiger partial charge in [0.05, 0.1) is 35.8 Å². The van der Waals surface area contributed by atoms with E-state index < -0.39 is 29.5 Å². The number of nitriles is 1. The van der Waals surface area contributed by atoms with Gasteiger partial charge in [-0.1, -0.05) is 6.92 Å². The third kappa shape index (κ3) is 4.49. The van der Waals surface area contributed by atoms with Gasteiger partial charge in [-0.05, 0) is 19.6 Å². The predicted molar refractivity (Wildman–Crippen MR) is 119 cm³/mol. The van der Waals surface area contributed by atoms with Crippen LogP contribution in [0.25, 0.3) is 0 Å². The molecule has 10 nitrogen and oxygen atoms in total. The number of carbonyl (C=O) groups excluding carboxylic acids is 2. The standard InChI is InChI=1S/C20H28N4O6S2/c1-8-14-13(9(2)25)19(28)24(14)15(20(29)30)16(8)32-10-6-11(22-7-10)17(31-3)18(27)23-12(26)4-5-21/h8-14,17,22,25-26H,4,6-7H2,1-3H3,(H,23,27)(H,29,30)/t8-,9-,10+,11+,12?,13-,14-,17?/m1/s1. The zero-order valence-corrected chi connectivity index (χ0v) is 19.7. The van der Waals surface area contributed by atoms with E-state index in [1.807, 2.05) is 6.92 Å². The number of aliphatic hydroxyl groups excluding tert-OH is 2. The van der Waals surface area contributed by atoms with Crippen molar-refractivity contribution < 1.29 is 29.7 Å². The Morgan fingerprint density at radius 1 is 1.41 bits per heavy atom. The molecule has 5 N–H and O–H groups in total. The topological polar surface area (TPSA) is 163 Å². The van der Waals surface area contributed by atoms with Gasteiger partial charge in [0.2, 0.25) is 11.8 Å². The second-order valence-electron chi connectivity index (χ2n) is 8.31. The molecule has 2 saturated heterocycles. The Morgan fingerprint density at radius 2 is 2.09 bits per heavy atom. The first kappa shape index (κ1) is 24.9. The molecule has 0 bridgehead atoms. The molecule has 0 aliphatic carbocycles. The summed E-state index contributed by atoms with van der Waals surface area (Å²) in [6.45, 7) is 3.99. The Kier molecular flexibility index (Phi) is 7.77. The fraction of sp³-hybridized carbons (Fsp3) is 0.700. The Morgan fingerprint density at radius 3 is 2.66 bits per heavy atom. The number of carbonyl (C=O) groups is 3. The molecule has 3 heterocycles. The number of aliphatic hydroxyl groups is 2. The number of β-lactam (4-membered cyclic amide) rings is 1. The van der Waals surface area contributed by atoms with Gasteiger partial charge >= 0.3 is 5.97 Å². The monoisotopic (exact) mass is 484 g/mol. The zero-order chi connectivity index (χ0) is 23.7. The van der Waals surface area contributed by atoms with Crippen LogP contribution >= 0.6 is 23.5 Å². The van der Waals surface area contributed by atoms with E-state index in [0.717, 1.165) is 0 Å². The van der Waals surface area contributed by atoms with Crippen molar-refractivity contribution in [3.63, 3.8) is 0 Å². The van der Waals surface area contributed by atoms with Crippen molar-refractivity contribution in [3.05, 3.63) is 10.6 Å².